The molecule has 4 rings (SSSR count). The van der Waals surface area contributed by atoms with Crippen LogP contribution < -0.4 is 14.5 Å². The Morgan fingerprint density at radius 3 is 2.27 bits per heavy atom. The third kappa shape index (κ3) is 4.86. The van der Waals surface area contributed by atoms with E-state index < -0.39 is 17.7 Å². The number of anilines is 2. The van der Waals surface area contributed by atoms with Gasteiger partial charge in [0.1, 0.15) is 29.1 Å². The molecule has 0 aliphatic carbocycles. The Bertz CT molecular complexity index is 1360. The summed E-state index contributed by atoms with van der Waals surface area (Å²) in [4.78, 5) is 30.2. The lowest BCUT2D eigenvalue weighted by Crippen LogP contribution is -2.29. The van der Waals surface area contributed by atoms with Gasteiger partial charge in [-0.2, -0.15) is 0 Å². The van der Waals surface area contributed by atoms with Gasteiger partial charge >= 0.3 is 0 Å². The zero-order chi connectivity index (χ0) is 27.1. The molecule has 1 aliphatic rings. The number of aliphatic hydroxyl groups is 1. The summed E-state index contributed by atoms with van der Waals surface area (Å²) in [5, 5.41) is 11.5. The van der Waals surface area contributed by atoms with Crippen LogP contribution in [-0.2, 0) is 15.0 Å². The van der Waals surface area contributed by atoms with Gasteiger partial charge in [-0.05, 0) is 73.9 Å². The van der Waals surface area contributed by atoms with Crippen LogP contribution in [0.2, 0.25) is 0 Å². The van der Waals surface area contributed by atoms with Crippen LogP contribution in [0.3, 0.4) is 0 Å². The normalized spacial score (nSPS) is 17.4. The Labute approximate surface area is 218 Å². The number of benzene rings is 2. The third-order valence-electron chi connectivity index (χ3n) is 6.48. The van der Waals surface area contributed by atoms with Gasteiger partial charge in [0, 0.05) is 36.6 Å². The number of ether oxygens (including phenoxy) is 1. The molecule has 0 bridgehead atoms. The number of amides is 1. The maximum Gasteiger partial charge on any atom is 0.300 e. The summed E-state index contributed by atoms with van der Waals surface area (Å²) in [6.07, 6.45) is 0. The average Bonchev–Trinajstić information content (AvgIpc) is 3.39. The molecule has 2 heterocycles. The lowest BCUT2D eigenvalue weighted by molar-refractivity contribution is -0.132. The van der Waals surface area contributed by atoms with E-state index in [0.717, 1.165) is 11.3 Å². The van der Waals surface area contributed by atoms with Gasteiger partial charge in [0.2, 0.25) is 0 Å². The molecule has 0 spiro atoms. The lowest BCUT2D eigenvalue weighted by atomic mass is 9.84. The number of rotatable bonds is 6. The van der Waals surface area contributed by atoms with Crippen LogP contribution in [0.4, 0.5) is 11.4 Å². The number of hydrogen-bond acceptors (Lipinski definition) is 6. The monoisotopic (exact) mass is 502 g/mol. The minimum Gasteiger partial charge on any atom is -0.507 e. The van der Waals surface area contributed by atoms with Gasteiger partial charge in [-0.1, -0.05) is 20.8 Å². The predicted octanol–water partition coefficient (Wildman–Crippen LogP) is 5.98. The molecule has 1 aliphatic heterocycles. The molecule has 0 radical (unpaired) electrons. The first kappa shape index (κ1) is 26.1. The van der Waals surface area contributed by atoms with Crippen LogP contribution >= 0.6 is 0 Å². The van der Waals surface area contributed by atoms with Crippen molar-refractivity contribution in [1.82, 2.24) is 0 Å². The molecule has 1 aromatic heterocycles. The van der Waals surface area contributed by atoms with Gasteiger partial charge in [-0.25, -0.2) is 0 Å². The molecule has 3 aromatic rings. The molecule has 1 amide bonds. The summed E-state index contributed by atoms with van der Waals surface area (Å²) in [5.74, 6) is 0.0146. The SMILES string of the molecule is CCOc1ccc(/C(O)=C2/C(=O)C(=O)N(c3ccc(N(C)C)cc3)C2c2ccc(C)o2)cc1C(C)(C)C. The molecule has 0 saturated carbocycles. The van der Waals surface area contributed by atoms with E-state index in [0.29, 0.717) is 35.1 Å². The summed E-state index contributed by atoms with van der Waals surface area (Å²) in [7, 11) is 3.85. The fourth-order valence-electron chi connectivity index (χ4n) is 4.58. The molecular weight excluding hydrogens is 468 g/mol. The van der Waals surface area contributed by atoms with Crippen molar-refractivity contribution in [3.05, 3.63) is 82.8 Å². The van der Waals surface area contributed by atoms with Crippen LogP contribution in [0, 0.1) is 6.92 Å². The van der Waals surface area contributed by atoms with Gasteiger partial charge in [0.05, 0.1) is 12.2 Å². The van der Waals surface area contributed by atoms with E-state index in [1.165, 1.54) is 4.90 Å². The highest BCUT2D eigenvalue weighted by Gasteiger charge is 2.48. The quantitative estimate of drug-likeness (QED) is 0.254. The van der Waals surface area contributed by atoms with Crippen LogP contribution in [0.5, 0.6) is 5.75 Å². The number of furan rings is 1. The first-order valence-corrected chi connectivity index (χ1v) is 12.4. The maximum absolute atomic E-state index is 13.4. The molecule has 194 valence electrons. The second-order valence-electron chi connectivity index (χ2n) is 10.4. The smallest absolute Gasteiger partial charge is 0.300 e. The minimum atomic E-state index is -0.913. The molecule has 1 fully saturated rings. The van der Waals surface area contributed by atoms with Gasteiger partial charge < -0.3 is 19.2 Å². The van der Waals surface area contributed by atoms with Crippen molar-refractivity contribution in [2.24, 2.45) is 0 Å². The number of Topliss-reactive ketones (excluding diaryl/α,β-unsaturated/α-hetero) is 1. The second kappa shape index (κ2) is 9.81. The molecule has 7 nitrogen and oxygen atoms in total. The molecule has 1 N–H and O–H groups in total. The Hall–Kier alpha value is -4.00. The molecule has 7 heteroatoms. The fourth-order valence-corrected chi connectivity index (χ4v) is 4.58. The van der Waals surface area contributed by atoms with E-state index in [4.69, 9.17) is 9.15 Å². The summed E-state index contributed by atoms with van der Waals surface area (Å²) in [6, 6.07) is 15.3. The van der Waals surface area contributed by atoms with Crippen molar-refractivity contribution < 1.29 is 23.8 Å². The number of aliphatic hydroxyl groups excluding tert-OH is 1. The fraction of sp³-hybridized carbons (Fsp3) is 0.333. The van der Waals surface area contributed by atoms with E-state index in [1.54, 1.807) is 43.3 Å². The van der Waals surface area contributed by atoms with Crippen LogP contribution in [0.15, 0.2) is 64.6 Å². The van der Waals surface area contributed by atoms with Gasteiger partial charge in [-0.3, -0.25) is 14.5 Å². The van der Waals surface area contributed by atoms with Gasteiger partial charge in [-0.15, -0.1) is 0 Å². The number of carbonyl (C=O) groups is 2. The van der Waals surface area contributed by atoms with Gasteiger partial charge in [0.25, 0.3) is 11.7 Å². The van der Waals surface area contributed by atoms with Gasteiger partial charge in [0.15, 0.2) is 0 Å². The Morgan fingerprint density at radius 2 is 1.73 bits per heavy atom. The first-order valence-electron chi connectivity index (χ1n) is 12.4. The van der Waals surface area contributed by atoms with Crippen molar-refractivity contribution >= 4 is 28.8 Å². The van der Waals surface area contributed by atoms with Crippen molar-refractivity contribution in [1.29, 1.82) is 0 Å². The average molecular weight is 503 g/mol. The Kier molecular flexibility index (Phi) is 6.91. The van der Waals surface area contributed by atoms with E-state index >= 15 is 0 Å². The van der Waals surface area contributed by atoms with Crippen LogP contribution in [0.1, 0.15) is 56.4 Å². The molecular formula is C30H34N2O5. The maximum atomic E-state index is 13.4. The topological polar surface area (TPSA) is 83.2 Å². The highest BCUT2D eigenvalue weighted by atomic mass is 16.5. The van der Waals surface area contributed by atoms with Crippen molar-refractivity contribution in [3.8, 4) is 5.75 Å². The highest BCUT2D eigenvalue weighted by Crippen LogP contribution is 2.44. The summed E-state index contributed by atoms with van der Waals surface area (Å²) in [5.41, 5.74) is 2.52. The molecule has 1 atom stereocenters. The Morgan fingerprint density at radius 1 is 1.05 bits per heavy atom. The Balaban J connectivity index is 1.90. The third-order valence-corrected chi connectivity index (χ3v) is 6.48. The number of aryl methyl sites for hydroxylation is 1. The summed E-state index contributed by atoms with van der Waals surface area (Å²) >= 11 is 0. The van der Waals surface area contributed by atoms with E-state index in [-0.39, 0.29) is 16.7 Å². The standard InChI is InChI=1S/C30H34N2O5/c1-8-36-23-16-10-19(17-22(23)30(3,4)5)27(33)25-26(24-15-9-18(2)37-24)32(29(35)28(25)34)21-13-11-20(12-14-21)31(6)7/h9-17,26,33H,8H2,1-7H3/b27-25-. The lowest BCUT2D eigenvalue weighted by Gasteiger charge is -2.25. The summed E-state index contributed by atoms with van der Waals surface area (Å²) < 4.78 is 11.7. The van der Waals surface area contributed by atoms with Crippen LogP contribution in [0.25, 0.3) is 5.76 Å². The highest BCUT2D eigenvalue weighted by molar-refractivity contribution is 6.51. The number of carbonyl (C=O) groups excluding carboxylic acids is 2. The molecule has 37 heavy (non-hydrogen) atoms. The van der Waals surface area contributed by atoms with E-state index in [1.807, 2.05) is 44.1 Å². The van der Waals surface area contributed by atoms with Crippen molar-refractivity contribution in [2.45, 2.75) is 46.1 Å². The predicted molar refractivity (Wildman–Crippen MR) is 145 cm³/mol. The minimum absolute atomic E-state index is 0.0138. The van der Waals surface area contributed by atoms with Crippen molar-refractivity contribution in [2.75, 3.05) is 30.5 Å². The zero-order valence-corrected chi connectivity index (χ0v) is 22.5. The number of ketones is 1. The van der Waals surface area contributed by atoms with E-state index in [9.17, 15) is 14.7 Å². The first-order chi connectivity index (χ1) is 17.4. The molecule has 2 aromatic carbocycles. The second-order valence-corrected chi connectivity index (χ2v) is 10.4. The van der Waals surface area contributed by atoms with Crippen molar-refractivity contribution in [3.63, 3.8) is 0 Å². The summed E-state index contributed by atoms with van der Waals surface area (Å²) in [6.45, 7) is 10.4. The zero-order valence-electron chi connectivity index (χ0n) is 22.5. The number of nitrogens with zero attached hydrogens (tertiary/aromatic N) is 2. The number of hydrogen-bond donors (Lipinski definition) is 1. The molecule has 1 saturated heterocycles. The van der Waals surface area contributed by atoms with Crippen LogP contribution in [-0.4, -0.2) is 37.5 Å². The van der Waals surface area contributed by atoms with E-state index in [2.05, 4.69) is 20.8 Å². The molecule has 1 unspecified atom stereocenters. The largest absolute Gasteiger partial charge is 0.507 e.